The number of anilines is 2. The number of hydrogen-bond acceptors (Lipinski definition) is 4. The third-order valence-corrected chi connectivity index (χ3v) is 7.05. The van der Waals surface area contributed by atoms with E-state index in [0.717, 1.165) is 16.1 Å². The number of rotatable bonds is 6. The molecule has 1 aliphatic heterocycles. The molecule has 1 aromatic heterocycles. The van der Waals surface area contributed by atoms with E-state index in [2.05, 4.69) is 36.2 Å². The predicted octanol–water partition coefficient (Wildman–Crippen LogP) is 6.14. The van der Waals surface area contributed by atoms with Gasteiger partial charge in [-0.15, -0.1) is 11.3 Å². The first-order valence-corrected chi connectivity index (χ1v) is 12.6. The summed E-state index contributed by atoms with van der Waals surface area (Å²) in [4.78, 5) is 29.7. The van der Waals surface area contributed by atoms with E-state index < -0.39 is 0 Å². The summed E-state index contributed by atoms with van der Waals surface area (Å²) in [6, 6.07) is 17.5. The predicted molar refractivity (Wildman–Crippen MR) is 142 cm³/mol. The van der Waals surface area contributed by atoms with Gasteiger partial charge in [-0.1, -0.05) is 55.8 Å². The number of hydrogen-bond donors (Lipinski definition) is 1. The van der Waals surface area contributed by atoms with Gasteiger partial charge >= 0.3 is 0 Å². The molecule has 3 aromatic rings. The van der Waals surface area contributed by atoms with E-state index in [1.54, 1.807) is 12.1 Å². The Labute approximate surface area is 209 Å². The lowest BCUT2D eigenvalue weighted by molar-refractivity contribution is -0.111. The Hall–Kier alpha value is -3.09. The summed E-state index contributed by atoms with van der Waals surface area (Å²) in [6.45, 7) is 7.02. The summed E-state index contributed by atoms with van der Waals surface area (Å²) in [5.41, 5.74) is 3.80. The molecule has 0 radical (unpaired) electrons. The number of nitrogens with one attached hydrogen (secondary N) is 1. The first kappa shape index (κ1) is 24.0. The largest absolute Gasteiger partial charge is 0.367 e. The molecule has 2 amide bonds. The molecule has 0 unspecified atom stereocenters. The second kappa shape index (κ2) is 10.9. The van der Waals surface area contributed by atoms with Crippen molar-refractivity contribution in [3.8, 4) is 0 Å². The maximum atomic E-state index is 12.5. The Kier molecular flexibility index (Phi) is 7.70. The molecule has 0 saturated carbocycles. The van der Waals surface area contributed by atoms with Gasteiger partial charge in [-0.2, -0.15) is 0 Å². The molecular formula is C27H28ClN3O2S. The minimum atomic E-state index is -0.211. The minimum absolute atomic E-state index is 0.0859. The van der Waals surface area contributed by atoms with Crippen LogP contribution >= 0.6 is 22.9 Å². The van der Waals surface area contributed by atoms with Gasteiger partial charge in [0.05, 0.1) is 15.6 Å². The molecular weight excluding hydrogens is 466 g/mol. The Balaban J connectivity index is 1.32. The van der Waals surface area contributed by atoms with Crippen LogP contribution in [0, 0.1) is 0 Å². The van der Waals surface area contributed by atoms with Gasteiger partial charge in [0.25, 0.3) is 5.91 Å². The number of thiophene rings is 1. The lowest BCUT2D eigenvalue weighted by Crippen LogP contribution is -2.48. The van der Waals surface area contributed by atoms with Gasteiger partial charge in [-0.05, 0) is 52.8 Å². The standard InChI is InChI=1S/C27H28ClN3O2S/c1-19(2)21-8-5-20(6-9-21)7-12-26(32)29-22-10-11-24(23(28)18-22)30-13-15-31(16-14-30)27(33)25-4-3-17-34-25/h3-12,17-19H,13-16H2,1-2H3,(H,29,32)/b12-7+. The van der Waals surface area contributed by atoms with Gasteiger partial charge < -0.3 is 15.1 Å². The van der Waals surface area contributed by atoms with Crippen LogP contribution in [-0.4, -0.2) is 42.9 Å². The van der Waals surface area contributed by atoms with Gasteiger partial charge in [0.15, 0.2) is 0 Å². The van der Waals surface area contributed by atoms with Crippen LogP contribution in [-0.2, 0) is 4.79 Å². The molecule has 176 valence electrons. The molecule has 0 atom stereocenters. The van der Waals surface area contributed by atoms with E-state index in [1.165, 1.54) is 23.0 Å². The van der Waals surface area contributed by atoms with E-state index >= 15 is 0 Å². The monoisotopic (exact) mass is 493 g/mol. The summed E-state index contributed by atoms with van der Waals surface area (Å²) in [5, 5.41) is 5.36. The lowest BCUT2D eigenvalue weighted by Gasteiger charge is -2.36. The molecule has 0 bridgehead atoms. The highest BCUT2D eigenvalue weighted by Gasteiger charge is 2.24. The zero-order chi connectivity index (χ0) is 24.1. The minimum Gasteiger partial charge on any atom is -0.367 e. The summed E-state index contributed by atoms with van der Waals surface area (Å²) in [5.74, 6) is 0.354. The SMILES string of the molecule is CC(C)c1ccc(/C=C/C(=O)Nc2ccc(N3CCN(C(=O)c4cccs4)CC3)c(Cl)c2)cc1. The Morgan fingerprint density at radius 2 is 1.76 bits per heavy atom. The third kappa shape index (κ3) is 5.88. The molecule has 4 rings (SSSR count). The number of carbonyl (C=O) groups is 2. The maximum Gasteiger partial charge on any atom is 0.264 e. The molecule has 0 aliphatic carbocycles. The van der Waals surface area contributed by atoms with Crippen LogP contribution in [0.1, 0.15) is 40.6 Å². The number of piperazine rings is 1. The zero-order valence-corrected chi connectivity index (χ0v) is 20.9. The summed E-state index contributed by atoms with van der Waals surface area (Å²) in [6.07, 6.45) is 3.32. The van der Waals surface area contributed by atoms with Crippen LogP contribution in [0.4, 0.5) is 11.4 Å². The Morgan fingerprint density at radius 3 is 2.38 bits per heavy atom. The summed E-state index contributed by atoms with van der Waals surface area (Å²) >= 11 is 8.02. The molecule has 1 fully saturated rings. The number of carbonyl (C=O) groups excluding carboxylic acids is 2. The Morgan fingerprint density at radius 1 is 1.03 bits per heavy atom. The van der Waals surface area contributed by atoms with E-state index in [-0.39, 0.29) is 11.8 Å². The van der Waals surface area contributed by atoms with Crippen LogP contribution < -0.4 is 10.2 Å². The van der Waals surface area contributed by atoms with Gasteiger partial charge in [-0.3, -0.25) is 9.59 Å². The molecule has 1 N–H and O–H groups in total. The van der Waals surface area contributed by atoms with Crippen molar-refractivity contribution < 1.29 is 9.59 Å². The van der Waals surface area contributed by atoms with Crippen molar-refractivity contribution in [2.24, 2.45) is 0 Å². The number of halogens is 1. The van der Waals surface area contributed by atoms with E-state index in [4.69, 9.17) is 11.6 Å². The fourth-order valence-electron chi connectivity index (χ4n) is 3.90. The average Bonchev–Trinajstić information content (AvgIpc) is 3.38. The van der Waals surface area contributed by atoms with Crippen molar-refractivity contribution in [1.82, 2.24) is 4.90 Å². The van der Waals surface area contributed by atoms with Crippen LogP contribution in [0.3, 0.4) is 0 Å². The zero-order valence-electron chi connectivity index (χ0n) is 19.3. The number of amides is 2. The van der Waals surface area contributed by atoms with Crippen LogP contribution in [0.25, 0.3) is 6.08 Å². The highest BCUT2D eigenvalue weighted by Crippen LogP contribution is 2.30. The van der Waals surface area contributed by atoms with Crippen LogP contribution in [0.15, 0.2) is 66.1 Å². The third-order valence-electron chi connectivity index (χ3n) is 5.89. The van der Waals surface area contributed by atoms with Crippen molar-refractivity contribution in [3.05, 3.63) is 87.1 Å². The van der Waals surface area contributed by atoms with Crippen molar-refractivity contribution >= 4 is 52.2 Å². The molecule has 0 spiro atoms. The highest BCUT2D eigenvalue weighted by atomic mass is 35.5. The first-order chi connectivity index (χ1) is 16.4. The first-order valence-electron chi connectivity index (χ1n) is 11.4. The molecule has 2 heterocycles. The van der Waals surface area contributed by atoms with Gasteiger partial charge in [0.1, 0.15) is 0 Å². The quantitative estimate of drug-likeness (QED) is 0.420. The molecule has 1 aliphatic rings. The molecule has 34 heavy (non-hydrogen) atoms. The van der Waals surface area contributed by atoms with Crippen LogP contribution in [0.5, 0.6) is 0 Å². The molecule has 5 nitrogen and oxygen atoms in total. The van der Waals surface area contributed by atoms with Crippen molar-refractivity contribution in [2.45, 2.75) is 19.8 Å². The fourth-order valence-corrected chi connectivity index (χ4v) is 4.89. The Bertz CT molecular complexity index is 1170. The van der Waals surface area contributed by atoms with Gasteiger partial charge in [-0.25, -0.2) is 0 Å². The molecule has 1 saturated heterocycles. The fraction of sp³-hybridized carbons (Fsp3) is 0.259. The van der Waals surface area contributed by atoms with Crippen molar-refractivity contribution in [3.63, 3.8) is 0 Å². The van der Waals surface area contributed by atoms with E-state index in [1.807, 2.05) is 46.7 Å². The van der Waals surface area contributed by atoms with Crippen molar-refractivity contribution in [2.75, 3.05) is 36.4 Å². The molecule has 2 aromatic carbocycles. The number of benzene rings is 2. The summed E-state index contributed by atoms with van der Waals surface area (Å²) < 4.78 is 0. The smallest absolute Gasteiger partial charge is 0.264 e. The second-order valence-electron chi connectivity index (χ2n) is 8.57. The molecule has 7 heteroatoms. The van der Waals surface area contributed by atoms with Gasteiger partial charge in [0.2, 0.25) is 5.91 Å². The topological polar surface area (TPSA) is 52.7 Å². The lowest BCUT2D eigenvalue weighted by atomic mass is 10.0. The van der Waals surface area contributed by atoms with Crippen molar-refractivity contribution in [1.29, 1.82) is 0 Å². The van der Waals surface area contributed by atoms with E-state index in [0.29, 0.717) is 42.8 Å². The maximum absolute atomic E-state index is 12.5. The summed E-state index contributed by atoms with van der Waals surface area (Å²) in [7, 11) is 0. The van der Waals surface area contributed by atoms with Crippen LogP contribution in [0.2, 0.25) is 5.02 Å². The van der Waals surface area contributed by atoms with Gasteiger partial charge in [0, 0.05) is 37.9 Å². The highest BCUT2D eigenvalue weighted by molar-refractivity contribution is 7.12. The number of nitrogens with zero attached hydrogens (tertiary/aromatic N) is 2. The second-order valence-corrected chi connectivity index (χ2v) is 9.92. The average molecular weight is 494 g/mol. The van der Waals surface area contributed by atoms with E-state index in [9.17, 15) is 9.59 Å². The normalized spacial score (nSPS) is 14.1.